The van der Waals surface area contributed by atoms with Gasteiger partial charge in [0.15, 0.2) is 0 Å². The largest absolute Gasteiger partial charge is 0.506 e. The molecular formula is C18H16Br4N4O2. The summed E-state index contributed by atoms with van der Waals surface area (Å²) in [5.74, 6) is 0.324. The molecule has 0 atom stereocenters. The van der Waals surface area contributed by atoms with Gasteiger partial charge in [0.2, 0.25) is 0 Å². The molecule has 1 saturated heterocycles. The van der Waals surface area contributed by atoms with E-state index >= 15 is 0 Å². The van der Waals surface area contributed by atoms with Gasteiger partial charge in [-0.05, 0) is 56.1 Å². The third-order valence-corrected chi connectivity index (χ3v) is 6.19. The van der Waals surface area contributed by atoms with Gasteiger partial charge in [-0.2, -0.15) is 10.2 Å². The average Bonchev–Trinajstić information content (AvgIpc) is 2.66. The lowest BCUT2D eigenvalue weighted by atomic mass is 10.2. The third kappa shape index (κ3) is 5.49. The van der Waals surface area contributed by atoms with Crippen molar-refractivity contribution in [1.29, 1.82) is 0 Å². The minimum Gasteiger partial charge on any atom is -0.506 e. The summed E-state index contributed by atoms with van der Waals surface area (Å²) in [6.45, 7) is 2.83. The van der Waals surface area contributed by atoms with E-state index in [4.69, 9.17) is 0 Å². The Hall–Kier alpha value is -1.10. The standard InChI is InChI=1S/C18H16Br4N4O2/c19-13-5-11(17(27)15(21)7-13)9-23-25-1-2-26(4-3-25)24-10-12-6-14(20)8-16(22)18(12)28/h5-10,27-28H,1-4H2/b23-9+,24-10+. The van der Waals surface area contributed by atoms with Crippen LogP contribution in [0, 0.1) is 0 Å². The van der Waals surface area contributed by atoms with Crippen molar-refractivity contribution in [1.82, 2.24) is 10.0 Å². The van der Waals surface area contributed by atoms with Crippen LogP contribution in [-0.4, -0.2) is 58.8 Å². The monoisotopic (exact) mass is 636 g/mol. The zero-order valence-electron chi connectivity index (χ0n) is 14.5. The van der Waals surface area contributed by atoms with E-state index in [1.165, 1.54) is 0 Å². The van der Waals surface area contributed by atoms with Crippen molar-refractivity contribution in [2.75, 3.05) is 26.2 Å². The van der Waals surface area contributed by atoms with Crippen molar-refractivity contribution in [2.45, 2.75) is 0 Å². The first-order chi connectivity index (χ1) is 13.3. The van der Waals surface area contributed by atoms with E-state index in [-0.39, 0.29) is 11.5 Å². The molecule has 2 N–H and O–H groups in total. The van der Waals surface area contributed by atoms with Gasteiger partial charge in [0.25, 0.3) is 0 Å². The van der Waals surface area contributed by atoms with Crippen LogP contribution >= 0.6 is 63.7 Å². The number of hydrogen-bond donors (Lipinski definition) is 2. The van der Waals surface area contributed by atoms with Crippen molar-refractivity contribution in [3.63, 3.8) is 0 Å². The van der Waals surface area contributed by atoms with Gasteiger partial charge in [-0.1, -0.05) is 31.9 Å². The van der Waals surface area contributed by atoms with Crippen LogP contribution in [0.15, 0.2) is 52.4 Å². The summed E-state index contributed by atoms with van der Waals surface area (Å²) in [5, 5.41) is 33.0. The summed E-state index contributed by atoms with van der Waals surface area (Å²) in [5.41, 5.74) is 1.27. The van der Waals surface area contributed by atoms with Crippen molar-refractivity contribution in [3.8, 4) is 11.5 Å². The molecule has 0 saturated carbocycles. The molecule has 10 heteroatoms. The normalized spacial score (nSPS) is 15.1. The third-order valence-electron chi connectivity index (χ3n) is 4.07. The Bertz CT molecular complexity index is 853. The van der Waals surface area contributed by atoms with Crippen molar-refractivity contribution < 1.29 is 10.2 Å². The molecule has 1 aliphatic heterocycles. The number of halogens is 4. The first-order valence-corrected chi connectivity index (χ1v) is 11.4. The van der Waals surface area contributed by atoms with Crippen molar-refractivity contribution in [2.24, 2.45) is 10.2 Å². The molecule has 148 valence electrons. The molecule has 0 aliphatic carbocycles. The Morgan fingerprint density at radius 3 is 1.39 bits per heavy atom. The maximum atomic E-state index is 10.1. The molecule has 2 aromatic carbocycles. The predicted molar refractivity (Wildman–Crippen MR) is 125 cm³/mol. The number of benzene rings is 2. The lowest BCUT2D eigenvalue weighted by Gasteiger charge is -2.31. The van der Waals surface area contributed by atoms with Gasteiger partial charge in [-0.25, -0.2) is 0 Å². The van der Waals surface area contributed by atoms with Crippen LogP contribution in [0.25, 0.3) is 0 Å². The van der Waals surface area contributed by atoms with Gasteiger partial charge in [-0.15, -0.1) is 0 Å². The number of phenolic OH excluding ortho intramolecular Hbond substituents is 2. The minimum absolute atomic E-state index is 0.162. The van der Waals surface area contributed by atoms with Crippen LogP contribution in [0.2, 0.25) is 0 Å². The molecule has 6 nitrogen and oxygen atoms in total. The number of phenols is 2. The fourth-order valence-corrected chi connectivity index (χ4v) is 5.09. The van der Waals surface area contributed by atoms with Gasteiger partial charge < -0.3 is 10.2 Å². The van der Waals surface area contributed by atoms with Crippen LogP contribution in [-0.2, 0) is 0 Å². The zero-order valence-corrected chi connectivity index (χ0v) is 20.8. The maximum absolute atomic E-state index is 10.1. The molecule has 1 fully saturated rings. The van der Waals surface area contributed by atoms with E-state index in [1.807, 2.05) is 22.2 Å². The summed E-state index contributed by atoms with van der Waals surface area (Å²) in [7, 11) is 0. The molecule has 0 aromatic heterocycles. The highest BCUT2D eigenvalue weighted by Gasteiger charge is 2.14. The van der Waals surface area contributed by atoms with E-state index in [0.29, 0.717) is 46.3 Å². The van der Waals surface area contributed by atoms with E-state index < -0.39 is 0 Å². The van der Waals surface area contributed by atoms with Crippen LogP contribution in [0.5, 0.6) is 11.5 Å². The predicted octanol–water partition coefficient (Wildman–Crippen LogP) is 5.13. The number of hydrazone groups is 2. The Morgan fingerprint density at radius 1 is 0.679 bits per heavy atom. The Balaban J connectivity index is 1.59. The van der Waals surface area contributed by atoms with Crippen LogP contribution < -0.4 is 0 Å². The summed E-state index contributed by atoms with van der Waals surface area (Å²) < 4.78 is 2.95. The van der Waals surface area contributed by atoms with E-state index in [0.717, 1.165) is 8.95 Å². The van der Waals surface area contributed by atoms with E-state index in [9.17, 15) is 10.2 Å². The molecule has 0 amide bonds. The minimum atomic E-state index is 0.162. The summed E-state index contributed by atoms with van der Waals surface area (Å²) in [6.07, 6.45) is 3.31. The number of hydrogen-bond acceptors (Lipinski definition) is 6. The number of piperazine rings is 1. The van der Waals surface area contributed by atoms with Crippen LogP contribution in [0.4, 0.5) is 0 Å². The van der Waals surface area contributed by atoms with Gasteiger partial charge in [0.1, 0.15) is 11.5 Å². The molecule has 3 rings (SSSR count). The molecule has 0 spiro atoms. The quantitative estimate of drug-likeness (QED) is 0.455. The van der Waals surface area contributed by atoms with Crippen LogP contribution in [0.3, 0.4) is 0 Å². The first kappa shape index (κ1) is 21.6. The molecule has 2 aromatic rings. The highest BCUT2D eigenvalue weighted by Crippen LogP contribution is 2.31. The number of nitrogens with zero attached hydrogens (tertiary/aromatic N) is 4. The van der Waals surface area contributed by atoms with Gasteiger partial charge in [0.05, 0.1) is 47.6 Å². The first-order valence-electron chi connectivity index (χ1n) is 8.27. The van der Waals surface area contributed by atoms with Gasteiger partial charge in [0, 0.05) is 20.1 Å². The molecule has 0 bridgehead atoms. The Kier molecular flexibility index (Phi) is 7.41. The Labute approximate surface area is 196 Å². The second kappa shape index (κ2) is 9.60. The summed E-state index contributed by atoms with van der Waals surface area (Å²) >= 11 is 13.5. The highest BCUT2D eigenvalue weighted by molar-refractivity contribution is 9.11. The fourth-order valence-electron chi connectivity index (χ4n) is 2.57. The maximum Gasteiger partial charge on any atom is 0.138 e. The van der Waals surface area contributed by atoms with Gasteiger partial charge in [-0.3, -0.25) is 10.0 Å². The van der Waals surface area contributed by atoms with Crippen molar-refractivity contribution >= 4 is 76.1 Å². The van der Waals surface area contributed by atoms with Crippen LogP contribution in [0.1, 0.15) is 11.1 Å². The van der Waals surface area contributed by atoms with E-state index in [1.54, 1.807) is 24.6 Å². The summed E-state index contributed by atoms with van der Waals surface area (Å²) in [6, 6.07) is 7.19. The lowest BCUT2D eigenvalue weighted by molar-refractivity contribution is 0.141. The molecule has 28 heavy (non-hydrogen) atoms. The zero-order chi connectivity index (χ0) is 20.3. The number of rotatable bonds is 4. The Morgan fingerprint density at radius 2 is 1.04 bits per heavy atom. The lowest BCUT2D eigenvalue weighted by Crippen LogP contribution is -2.41. The topological polar surface area (TPSA) is 71.7 Å². The number of aromatic hydroxyl groups is 2. The van der Waals surface area contributed by atoms with Crippen molar-refractivity contribution in [3.05, 3.63) is 53.3 Å². The molecule has 0 unspecified atom stereocenters. The highest BCUT2D eigenvalue weighted by atomic mass is 79.9. The van der Waals surface area contributed by atoms with E-state index in [2.05, 4.69) is 73.9 Å². The molecule has 0 radical (unpaired) electrons. The smallest absolute Gasteiger partial charge is 0.138 e. The average molecular weight is 640 g/mol. The second-order valence-electron chi connectivity index (χ2n) is 6.05. The molecule has 1 aliphatic rings. The summed E-state index contributed by atoms with van der Waals surface area (Å²) in [4.78, 5) is 0. The van der Waals surface area contributed by atoms with Gasteiger partial charge >= 0.3 is 0 Å². The fraction of sp³-hybridized carbons (Fsp3) is 0.222. The second-order valence-corrected chi connectivity index (χ2v) is 9.59. The molecular weight excluding hydrogens is 624 g/mol. The molecule has 1 heterocycles. The SMILES string of the molecule is Oc1c(Br)cc(Br)cc1/C=N/N1CCN(/N=C/c2cc(Br)cc(Br)c2O)CC1.